The number of hydrogen-bond acceptors (Lipinski definition) is 6. The van der Waals surface area contributed by atoms with E-state index < -0.39 is 5.60 Å². The predicted octanol–water partition coefficient (Wildman–Crippen LogP) is 5.03. The van der Waals surface area contributed by atoms with Crippen LogP contribution in [0.15, 0.2) is 47.8 Å². The first kappa shape index (κ1) is 26.5. The zero-order valence-corrected chi connectivity index (χ0v) is 23.1. The van der Waals surface area contributed by atoms with Crippen LogP contribution in [-0.4, -0.2) is 59.2 Å². The van der Waals surface area contributed by atoms with E-state index in [2.05, 4.69) is 53.3 Å². The van der Waals surface area contributed by atoms with Crippen molar-refractivity contribution in [3.8, 4) is 0 Å². The topological polar surface area (TPSA) is 87.1 Å². The third-order valence-corrected chi connectivity index (χ3v) is 8.27. The summed E-state index contributed by atoms with van der Waals surface area (Å²) in [6.07, 6.45) is 5.07. The minimum absolute atomic E-state index is 0.0458. The Kier molecular flexibility index (Phi) is 7.36. The first-order valence-corrected chi connectivity index (χ1v) is 13.8. The Morgan fingerprint density at radius 2 is 1.74 bits per heavy atom. The Hall–Kier alpha value is -3.13. The van der Waals surface area contributed by atoms with E-state index in [9.17, 15) is 9.59 Å². The molecule has 2 fully saturated rings. The minimum atomic E-state index is -0.473. The number of carbonyl (C=O) groups excluding carboxylic acids is 2. The van der Waals surface area contributed by atoms with Gasteiger partial charge in [0.1, 0.15) is 17.1 Å². The Morgan fingerprint density at radius 3 is 2.37 bits per heavy atom. The zero-order valence-electron chi connectivity index (χ0n) is 22.4. The fraction of sp³-hybridized carbons (Fsp3) is 0.517. The van der Waals surface area contributed by atoms with E-state index in [1.165, 1.54) is 5.56 Å². The molecule has 0 atom stereocenters. The summed E-state index contributed by atoms with van der Waals surface area (Å²) in [5.74, 6) is 0.666. The maximum absolute atomic E-state index is 13.2. The molecular weight excluding hydrogens is 502 g/mol. The van der Waals surface area contributed by atoms with Gasteiger partial charge in [-0.3, -0.25) is 9.59 Å². The van der Waals surface area contributed by atoms with Crippen molar-refractivity contribution >= 4 is 40.6 Å². The van der Waals surface area contributed by atoms with Crippen molar-refractivity contribution in [1.29, 1.82) is 0 Å². The lowest BCUT2D eigenvalue weighted by molar-refractivity contribution is -0.125. The Labute approximate surface area is 229 Å². The number of carbonyl (C=O) groups is 2. The fourth-order valence-corrected chi connectivity index (χ4v) is 5.76. The highest BCUT2D eigenvalue weighted by Gasteiger charge is 2.46. The Morgan fingerprint density at radius 1 is 1.05 bits per heavy atom. The van der Waals surface area contributed by atoms with Crippen LogP contribution < -0.4 is 10.2 Å². The Bertz CT molecular complexity index is 1210. The molecule has 1 saturated carbocycles. The van der Waals surface area contributed by atoms with Gasteiger partial charge in [0.2, 0.25) is 5.91 Å². The van der Waals surface area contributed by atoms with Gasteiger partial charge in [-0.15, -0.1) is 0 Å². The highest BCUT2D eigenvalue weighted by molar-refractivity contribution is 6.39. The first-order valence-electron chi connectivity index (χ1n) is 13.4. The van der Waals surface area contributed by atoms with Gasteiger partial charge in [-0.1, -0.05) is 49.7 Å². The average Bonchev–Trinajstić information content (AvgIpc) is 3.32. The first-order chi connectivity index (χ1) is 18.1. The van der Waals surface area contributed by atoms with Crippen molar-refractivity contribution in [2.24, 2.45) is 11.1 Å². The molecule has 1 saturated heterocycles. The number of rotatable bonds is 4. The number of piperazine rings is 1. The van der Waals surface area contributed by atoms with Gasteiger partial charge in [0.25, 0.3) is 5.91 Å². The number of nitrogens with zero attached hydrogens (tertiary/aromatic N) is 4. The fourth-order valence-electron chi connectivity index (χ4n) is 5.52. The molecule has 8 nitrogen and oxygen atoms in total. The van der Waals surface area contributed by atoms with Crippen molar-refractivity contribution in [3.05, 3.63) is 53.2 Å². The largest absolute Gasteiger partial charge is 0.388 e. The van der Waals surface area contributed by atoms with E-state index in [0.717, 1.165) is 11.5 Å². The molecule has 0 radical (unpaired) electrons. The standard InChI is InChI=1S/C29H36ClN5O3/c1-28(2,3)21-6-8-22(9-7-21)32-26(36)20-10-12-29(13-11-20)19-24(33-38-29)27(37)35-17-15-34(16-18-35)25-23(30)5-4-14-31-25/h4-9,14,20H,10-13,15-19H2,1-3H3,(H,32,36). The van der Waals surface area contributed by atoms with Crippen LogP contribution in [0.5, 0.6) is 0 Å². The predicted molar refractivity (Wildman–Crippen MR) is 150 cm³/mol. The summed E-state index contributed by atoms with van der Waals surface area (Å²) < 4.78 is 0. The summed E-state index contributed by atoms with van der Waals surface area (Å²) in [6, 6.07) is 11.7. The van der Waals surface area contributed by atoms with Gasteiger partial charge >= 0.3 is 0 Å². The lowest BCUT2D eigenvalue weighted by Gasteiger charge is -2.36. The zero-order chi connectivity index (χ0) is 26.9. The molecule has 9 heteroatoms. The van der Waals surface area contributed by atoms with Crippen molar-refractivity contribution in [1.82, 2.24) is 9.88 Å². The van der Waals surface area contributed by atoms with Crippen LogP contribution in [0.2, 0.25) is 5.02 Å². The van der Waals surface area contributed by atoms with Crippen LogP contribution in [0.4, 0.5) is 11.5 Å². The summed E-state index contributed by atoms with van der Waals surface area (Å²) >= 11 is 6.29. The number of nitrogens with one attached hydrogen (secondary N) is 1. The lowest BCUT2D eigenvalue weighted by atomic mass is 9.76. The molecule has 3 heterocycles. The van der Waals surface area contributed by atoms with Gasteiger partial charge in [-0.05, 0) is 60.9 Å². The van der Waals surface area contributed by atoms with Gasteiger partial charge < -0.3 is 20.0 Å². The minimum Gasteiger partial charge on any atom is -0.388 e. The quantitative estimate of drug-likeness (QED) is 0.591. The van der Waals surface area contributed by atoms with Gasteiger partial charge in [0.05, 0.1) is 5.02 Å². The second-order valence-corrected chi connectivity index (χ2v) is 12.1. The van der Waals surface area contributed by atoms with Crippen molar-refractivity contribution < 1.29 is 14.4 Å². The molecule has 202 valence electrons. The smallest absolute Gasteiger partial charge is 0.271 e. The number of anilines is 2. The third kappa shape index (κ3) is 5.65. The van der Waals surface area contributed by atoms with Crippen LogP contribution in [0.25, 0.3) is 0 Å². The summed E-state index contributed by atoms with van der Waals surface area (Å²) in [5, 5.41) is 7.91. The third-order valence-electron chi connectivity index (χ3n) is 7.98. The van der Waals surface area contributed by atoms with Crippen LogP contribution in [0.1, 0.15) is 58.4 Å². The highest BCUT2D eigenvalue weighted by Crippen LogP contribution is 2.41. The lowest BCUT2D eigenvalue weighted by Crippen LogP contribution is -2.51. The molecular formula is C29H36ClN5O3. The van der Waals surface area contributed by atoms with E-state index in [4.69, 9.17) is 16.4 Å². The number of amides is 2. The van der Waals surface area contributed by atoms with Crippen LogP contribution in [-0.2, 0) is 19.8 Å². The van der Waals surface area contributed by atoms with Gasteiger partial charge in [-0.25, -0.2) is 4.98 Å². The van der Waals surface area contributed by atoms with Crippen LogP contribution in [0, 0.1) is 5.92 Å². The normalized spacial score (nSPS) is 23.7. The van der Waals surface area contributed by atoms with Gasteiger partial charge in [0, 0.05) is 50.4 Å². The number of pyridine rings is 1. The van der Waals surface area contributed by atoms with Crippen molar-refractivity contribution in [3.63, 3.8) is 0 Å². The maximum Gasteiger partial charge on any atom is 0.271 e. The molecule has 38 heavy (non-hydrogen) atoms. The molecule has 5 rings (SSSR count). The molecule has 1 N–H and O–H groups in total. The van der Waals surface area contributed by atoms with Crippen molar-refractivity contribution in [2.45, 2.75) is 63.9 Å². The number of aromatic nitrogens is 1. The molecule has 1 aromatic carbocycles. The number of hydrogen-bond donors (Lipinski definition) is 1. The van der Waals surface area contributed by atoms with Crippen LogP contribution in [0.3, 0.4) is 0 Å². The molecule has 1 aliphatic carbocycles. The van der Waals surface area contributed by atoms with Crippen molar-refractivity contribution in [2.75, 3.05) is 36.4 Å². The van der Waals surface area contributed by atoms with Crippen LogP contribution >= 0.6 is 11.6 Å². The highest BCUT2D eigenvalue weighted by atomic mass is 35.5. The Balaban J connectivity index is 1.09. The summed E-state index contributed by atoms with van der Waals surface area (Å²) in [7, 11) is 0. The molecule has 0 bridgehead atoms. The van der Waals surface area contributed by atoms with E-state index in [1.807, 2.05) is 29.2 Å². The number of oxime groups is 1. The van der Waals surface area contributed by atoms with Gasteiger partial charge in [-0.2, -0.15) is 0 Å². The molecule has 2 aromatic rings. The summed E-state index contributed by atoms with van der Waals surface area (Å²) in [6.45, 7) is 9.01. The molecule has 1 aromatic heterocycles. The van der Waals surface area contributed by atoms with E-state index in [-0.39, 0.29) is 23.1 Å². The second kappa shape index (κ2) is 10.6. The average molecular weight is 538 g/mol. The van der Waals surface area contributed by atoms with Gasteiger partial charge in [0.15, 0.2) is 0 Å². The van der Waals surface area contributed by atoms with E-state index in [1.54, 1.807) is 6.20 Å². The van der Waals surface area contributed by atoms with E-state index in [0.29, 0.717) is 69.0 Å². The SMILES string of the molecule is CC(C)(C)c1ccc(NC(=O)C2CCC3(CC2)CC(C(=O)N2CCN(c4ncccc4Cl)CC2)=NO3)cc1. The molecule has 3 aliphatic rings. The summed E-state index contributed by atoms with van der Waals surface area (Å²) in [4.78, 5) is 40.3. The maximum atomic E-state index is 13.2. The summed E-state index contributed by atoms with van der Waals surface area (Å²) in [5.41, 5.74) is 2.14. The second-order valence-electron chi connectivity index (χ2n) is 11.7. The molecule has 1 spiro atoms. The monoisotopic (exact) mass is 537 g/mol. The number of benzene rings is 1. The molecule has 0 unspecified atom stereocenters. The molecule has 2 amide bonds. The molecule has 2 aliphatic heterocycles. The van der Waals surface area contributed by atoms with E-state index >= 15 is 0 Å². The number of halogens is 1.